The van der Waals surface area contributed by atoms with Crippen LogP contribution in [0, 0.1) is 12.7 Å². The molecule has 0 N–H and O–H groups in total. The van der Waals surface area contributed by atoms with E-state index in [0.29, 0.717) is 6.61 Å². The average Bonchev–Trinajstić information content (AvgIpc) is 2.62. The number of aryl methyl sites for hydroxylation is 1. The minimum absolute atomic E-state index is 0.226. The Balaban J connectivity index is 1.76. The molecule has 24 heavy (non-hydrogen) atoms. The maximum absolute atomic E-state index is 13.5. The van der Waals surface area contributed by atoms with Gasteiger partial charge in [-0.25, -0.2) is 4.39 Å². The van der Waals surface area contributed by atoms with Crippen LogP contribution in [-0.2, 0) is 6.61 Å². The third-order valence-electron chi connectivity index (χ3n) is 3.90. The van der Waals surface area contributed by atoms with E-state index in [2.05, 4.69) is 0 Å². The molecule has 0 unspecified atom stereocenters. The molecule has 0 spiro atoms. The molecule has 2 nitrogen and oxygen atoms in total. The van der Waals surface area contributed by atoms with Crippen LogP contribution in [0.2, 0.25) is 0 Å². The highest BCUT2D eigenvalue weighted by Crippen LogP contribution is 2.26. The van der Waals surface area contributed by atoms with Crippen LogP contribution in [0.5, 0.6) is 11.5 Å². The minimum atomic E-state index is -0.226. The smallest absolute Gasteiger partial charge is 0.123 e. The highest BCUT2D eigenvalue weighted by Gasteiger charge is 2.05. The molecule has 0 atom stereocenters. The van der Waals surface area contributed by atoms with Crippen LogP contribution in [0.4, 0.5) is 4.39 Å². The molecule has 0 saturated carbocycles. The van der Waals surface area contributed by atoms with E-state index < -0.39 is 0 Å². The van der Waals surface area contributed by atoms with Crippen molar-refractivity contribution in [3.05, 3.63) is 83.7 Å². The lowest BCUT2D eigenvalue weighted by Gasteiger charge is -2.10. The van der Waals surface area contributed by atoms with Gasteiger partial charge in [0.15, 0.2) is 0 Å². The zero-order valence-electron chi connectivity index (χ0n) is 13.8. The first-order valence-corrected chi connectivity index (χ1v) is 7.78. The summed E-state index contributed by atoms with van der Waals surface area (Å²) in [6.45, 7) is 2.43. The summed E-state index contributed by atoms with van der Waals surface area (Å²) in [5, 5.41) is 0. The van der Waals surface area contributed by atoms with Gasteiger partial charge >= 0.3 is 0 Å². The second-order valence-corrected chi connectivity index (χ2v) is 5.62. The summed E-state index contributed by atoms with van der Waals surface area (Å²) >= 11 is 0. The highest BCUT2D eigenvalue weighted by atomic mass is 19.1. The molecule has 3 heteroatoms. The zero-order valence-corrected chi connectivity index (χ0v) is 13.8. The summed E-state index contributed by atoms with van der Waals surface area (Å²) in [7, 11) is 1.63. The lowest BCUT2D eigenvalue weighted by molar-refractivity contribution is 0.305. The van der Waals surface area contributed by atoms with Crippen molar-refractivity contribution in [2.75, 3.05) is 7.11 Å². The Labute approximate surface area is 141 Å². The molecule has 0 amide bonds. The molecule has 0 radical (unpaired) electrons. The molecule has 0 fully saturated rings. The summed E-state index contributed by atoms with van der Waals surface area (Å²) in [6.07, 6.45) is 0. The van der Waals surface area contributed by atoms with Gasteiger partial charge in [-0.2, -0.15) is 0 Å². The van der Waals surface area contributed by atoms with E-state index in [1.54, 1.807) is 19.2 Å². The Bertz CT molecular complexity index is 825. The Kier molecular flexibility index (Phi) is 4.80. The van der Waals surface area contributed by atoms with Crippen LogP contribution in [-0.4, -0.2) is 7.11 Å². The predicted molar refractivity (Wildman–Crippen MR) is 93.9 cm³/mol. The molecular formula is C21H19FO2. The summed E-state index contributed by atoms with van der Waals surface area (Å²) in [5.41, 5.74) is 3.97. The summed E-state index contributed by atoms with van der Waals surface area (Å²) < 4.78 is 24.5. The summed E-state index contributed by atoms with van der Waals surface area (Å²) in [4.78, 5) is 0. The van der Waals surface area contributed by atoms with E-state index in [0.717, 1.165) is 33.8 Å². The maximum atomic E-state index is 13.5. The molecule has 3 aromatic rings. The fourth-order valence-corrected chi connectivity index (χ4v) is 2.57. The number of rotatable bonds is 5. The Hall–Kier alpha value is -2.81. The maximum Gasteiger partial charge on any atom is 0.123 e. The van der Waals surface area contributed by atoms with Gasteiger partial charge in [-0.15, -0.1) is 0 Å². The molecule has 0 aliphatic rings. The minimum Gasteiger partial charge on any atom is -0.497 e. The van der Waals surface area contributed by atoms with Crippen LogP contribution >= 0.6 is 0 Å². The van der Waals surface area contributed by atoms with Crippen molar-refractivity contribution >= 4 is 0 Å². The lowest BCUT2D eigenvalue weighted by atomic mass is 9.99. The molecule has 0 saturated heterocycles. The summed E-state index contributed by atoms with van der Waals surface area (Å²) in [5.74, 6) is 1.35. The number of hydrogen-bond donors (Lipinski definition) is 0. The molecule has 3 aromatic carbocycles. The largest absolute Gasteiger partial charge is 0.497 e. The fraction of sp³-hybridized carbons (Fsp3) is 0.143. The highest BCUT2D eigenvalue weighted by molar-refractivity contribution is 5.67. The first-order chi connectivity index (χ1) is 11.7. The van der Waals surface area contributed by atoms with Crippen molar-refractivity contribution in [3.63, 3.8) is 0 Å². The van der Waals surface area contributed by atoms with Gasteiger partial charge in [-0.1, -0.05) is 24.3 Å². The van der Waals surface area contributed by atoms with E-state index >= 15 is 0 Å². The third-order valence-corrected chi connectivity index (χ3v) is 3.90. The quantitative estimate of drug-likeness (QED) is 0.627. The van der Waals surface area contributed by atoms with Crippen LogP contribution < -0.4 is 9.47 Å². The zero-order chi connectivity index (χ0) is 16.9. The molecule has 0 heterocycles. The van der Waals surface area contributed by atoms with Gasteiger partial charge in [0.2, 0.25) is 0 Å². The third kappa shape index (κ3) is 3.74. The van der Waals surface area contributed by atoms with Gasteiger partial charge < -0.3 is 9.47 Å². The molecule has 0 aliphatic heterocycles. The average molecular weight is 322 g/mol. The lowest BCUT2D eigenvalue weighted by Crippen LogP contribution is -1.96. The van der Waals surface area contributed by atoms with Crippen molar-refractivity contribution in [3.8, 4) is 22.6 Å². The van der Waals surface area contributed by atoms with Gasteiger partial charge in [0.25, 0.3) is 0 Å². The van der Waals surface area contributed by atoms with Gasteiger partial charge in [0.1, 0.15) is 23.9 Å². The molecule has 3 rings (SSSR count). The van der Waals surface area contributed by atoms with Gasteiger partial charge in [0.05, 0.1) is 7.11 Å². The van der Waals surface area contributed by atoms with Crippen molar-refractivity contribution in [1.82, 2.24) is 0 Å². The molecule has 122 valence electrons. The van der Waals surface area contributed by atoms with Gasteiger partial charge in [-0.3, -0.25) is 0 Å². The van der Waals surface area contributed by atoms with Crippen molar-refractivity contribution < 1.29 is 13.9 Å². The second kappa shape index (κ2) is 7.18. The molecule has 0 bridgehead atoms. The van der Waals surface area contributed by atoms with E-state index in [1.807, 2.05) is 55.5 Å². The van der Waals surface area contributed by atoms with Crippen molar-refractivity contribution in [1.29, 1.82) is 0 Å². The normalized spacial score (nSPS) is 10.5. The topological polar surface area (TPSA) is 18.5 Å². The first-order valence-electron chi connectivity index (χ1n) is 7.78. The van der Waals surface area contributed by atoms with Gasteiger partial charge in [-0.05, 0) is 71.6 Å². The summed E-state index contributed by atoms with van der Waals surface area (Å²) in [6, 6.07) is 20.3. The monoisotopic (exact) mass is 322 g/mol. The Morgan fingerprint density at radius 1 is 0.875 bits per heavy atom. The first kappa shape index (κ1) is 16.1. The Morgan fingerprint density at radius 2 is 1.62 bits per heavy atom. The van der Waals surface area contributed by atoms with Crippen LogP contribution in [0.25, 0.3) is 11.1 Å². The van der Waals surface area contributed by atoms with Crippen molar-refractivity contribution in [2.24, 2.45) is 0 Å². The van der Waals surface area contributed by atoms with Crippen LogP contribution in [0.3, 0.4) is 0 Å². The van der Waals surface area contributed by atoms with Crippen LogP contribution in [0.1, 0.15) is 11.1 Å². The number of hydrogen-bond acceptors (Lipinski definition) is 2. The van der Waals surface area contributed by atoms with Crippen molar-refractivity contribution in [2.45, 2.75) is 13.5 Å². The number of halogens is 1. The Morgan fingerprint density at radius 3 is 2.38 bits per heavy atom. The number of ether oxygens (including phenoxy) is 2. The number of methoxy groups -OCH3 is 1. The molecule has 0 aromatic heterocycles. The second-order valence-electron chi connectivity index (χ2n) is 5.62. The van der Waals surface area contributed by atoms with Gasteiger partial charge in [0, 0.05) is 0 Å². The van der Waals surface area contributed by atoms with E-state index in [-0.39, 0.29) is 5.82 Å². The SMILES string of the molecule is COc1ccc(OCc2cccc(-c3cc(F)ccc3C)c2)cc1. The number of benzene rings is 3. The van der Waals surface area contributed by atoms with E-state index in [1.165, 1.54) is 6.07 Å². The van der Waals surface area contributed by atoms with E-state index in [4.69, 9.17) is 9.47 Å². The van der Waals surface area contributed by atoms with E-state index in [9.17, 15) is 4.39 Å². The van der Waals surface area contributed by atoms with Crippen LogP contribution in [0.15, 0.2) is 66.7 Å². The predicted octanol–water partition coefficient (Wildman–Crippen LogP) is 5.39. The fourth-order valence-electron chi connectivity index (χ4n) is 2.57. The molecule has 0 aliphatic carbocycles. The molecular weight excluding hydrogens is 303 g/mol. The standard InChI is InChI=1S/C21H19FO2/c1-15-6-7-18(22)13-21(15)17-5-3-4-16(12-17)14-24-20-10-8-19(23-2)9-11-20/h3-13H,14H2,1-2H3.